The first kappa shape index (κ1) is 15.6. The lowest BCUT2D eigenvalue weighted by atomic mass is 9.79. The lowest BCUT2D eigenvalue weighted by Gasteiger charge is -2.30. The van der Waals surface area contributed by atoms with Gasteiger partial charge in [0, 0.05) is 11.8 Å². The van der Waals surface area contributed by atoms with Crippen molar-refractivity contribution in [2.45, 2.75) is 102 Å². The molecule has 126 valence electrons. The van der Waals surface area contributed by atoms with Crippen LogP contribution in [0.15, 0.2) is 0 Å². The molecule has 1 heterocycles. The summed E-state index contributed by atoms with van der Waals surface area (Å²) in [7, 11) is 0. The molecule has 1 aromatic heterocycles. The van der Waals surface area contributed by atoms with Crippen LogP contribution in [0.1, 0.15) is 112 Å². The molecule has 1 unspecified atom stereocenters. The topological polar surface area (TPSA) is 25.8 Å². The van der Waals surface area contributed by atoms with E-state index < -0.39 is 0 Å². The van der Waals surface area contributed by atoms with E-state index in [0.717, 1.165) is 18.8 Å². The number of fused-ring (bicyclic) bond motifs is 1. The molecule has 2 nitrogen and oxygen atoms in total. The van der Waals surface area contributed by atoms with E-state index in [0.29, 0.717) is 11.8 Å². The van der Waals surface area contributed by atoms with E-state index in [1.807, 2.05) is 0 Å². The molecule has 1 atom stereocenters. The van der Waals surface area contributed by atoms with Crippen molar-refractivity contribution in [3.63, 3.8) is 0 Å². The van der Waals surface area contributed by atoms with Gasteiger partial charge in [0.15, 0.2) is 0 Å². The molecule has 0 N–H and O–H groups in total. The van der Waals surface area contributed by atoms with Crippen LogP contribution in [-0.4, -0.2) is 9.97 Å². The average Bonchev–Trinajstić information content (AvgIpc) is 2.62. The number of aryl methyl sites for hydroxylation is 1. The largest absolute Gasteiger partial charge is 0.254 e. The van der Waals surface area contributed by atoms with Crippen molar-refractivity contribution in [1.29, 1.82) is 0 Å². The van der Waals surface area contributed by atoms with Gasteiger partial charge >= 0.3 is 0 Å². The Labute approximate surface area is 141 Å². The molecular weight excluding hydrogens is 280 g/mol. The quantitative estimate of drug-likeness (QED) is 0.700. The molecule has 0 spiro atoms. The molecule has 0 radical (unpaired) electrons. The summed E-state index contributed by atoms with van der Waals surface area (Å²) >= 11 is 0. The van der Waals surface area contributed by atoms with Gasteiger partial charge in [-0.1, -0.05) is 45.4 Å². The Morgan fingerprint density at radius 3 is 1.74 bits per heavy atom. The normalized spacial score (nSPS) is 26.9. The van der Waals surface area contributed by atoms with Crippen LogP contribution >= 0.6 is 0 Å². The van der Waals surface area contributed by atoms with Gasteiger partial charge in [-0.2, -0.15) is 0 Å². The summed E-state index contributed by atoms with van der Waals surface area (Å²) in [6.45, 7) is 2.37. The fourth-order valence-electron chi connectivity index (χ4n) is 5.07. The smallest absolute Gasteiger partial charge is 0.0656 e. The number of nitrogens with zero attached hydrogens (tertiary/aromatic N) is 2. The fraction of sp³-hybridized carbons (Fsp3) is 0.810. The molecule has 0 aromatic carbocycles. The van der Waals surface area contributed by atoms with Gasteiger partial charge in [-0.15, -0.1) is 0 Å². The van der Waals surface area contributed by atoms with Crippen LogP contribution < -0.4 is 0 Å². The van der Waals surface area contributed by atoms with Crippen LogP contribution in [0.25, 0.3) is 0 Å². The van der Waals surface area contributed by atoms with Crippen molar-refractivity contribution >= 4 is 0 Å². The Bertz CT molecular complexity index is 539. The zero-order valence-electron chi connectivity index (χ0n) is 14.8. The zero-order chi connectivity index (χ0) is 15.6. The van der Waals surface area contributed by atoms with Crippen molar-refractivity contribution < 1.29 is 0 Å². The Kier molecular flexibility index (Phi) is 4.68. The molecule has 3 aliphatic carbocycles. The SMILES string of the molecule is CC1CCc2nc(C3CCCCC3)c(C3CCCCC3)nc2C1. The van der Waals surface area contributed by atoms with E-state index in [2.05, 4.69) is 6.92 Å². The highest BCUT2D eigenvalue weighted by Gasteiger charge is 2.29. The predicted octanol–water partition coefficient (Wildman–Crippen LogP) is 5.70. The summed E-state index contributed by atoms with van der Waals surface area (Å²) in [5.41, 5.74) is 5.57. The molecule has 23 heavy (non-hydrogen) atoms. The van der Waals surface area contributed by atoms with Gasteiger partial charge in [-0.3, -0.25) is 9.97 Å². The predicted molar refractivity (Wildman–Crippen MR) is 94.9 cm³/mol. The van der Waals surface area contributed by atoms with Crippen LogP contribution in [0.3, 0.4) is 0 Å². The third-order valence-corrected chi connectivity index (χ3v) is 6.51. The maximum absolute atomic E-state index is 5.30. The Balaban J connectivity index is 1.71. The first-order chi connectivity index (χ1) is 11.3. The van der Waals surface area contributed by atoms with Gasteiger partial charge in [-0.05, 0) is 50.9 Å². The molecular formula is C21H32N2. The number of aromatic nitrogens is 2. The second-order valence-corrected chi connectivity index (χ2v) is 8.41. The third-order valence-electron chi connectivity index (χ3n) is 6.51. The van der Waals surface area contributed by atoms with Gasteiger partial charge in [0.2, 0.25) is 0 Å². The van der Waals surface area contributed by atoms with Gasteiger partial charge in [0.25, 0.3) is 0 Å². The van der Waals surface area contributed by atoms with Crippen molar-refractivity contribution in [1.82, 2.24) is 9.97 Å². The summed E-state index contributed by atoms with van der Waals surface area (Å²) in [6, 6.07) is 0. The molecule has 0 saturated heterocycles. The minimum absolute atomic E-state index is 0.704. The van der Waals surface area contributed by atoms with E-state index >= 15 is 0 Å². The van der Waals surface area contributed by atoms with Crippen LogP contribution in [-0.2, 0) is 12.8 Å². The molecule has 2 saturated carbocycles. The fourth-order valence-corrected chi connectivity index (χ4v) is 5.07. The van der Waals surface area contributed by atoms with Gasteiger partial charge in [0.05, 0.1) is 22.8 Å². The lowest BCUT2D eigenvalue weighted by molar-refractivity contribution is 0.398. The summed E-state index contributed by atoms with van der Waals surface area (Å²) in [5.74, 6) is 2.20. The highest BCUT2D eigenvalue weighted by atomic mass is 14.9. The monoisotopic (exact) mass is 312 g/mol. The minimum atomic E-state index is 0.704. The Morgan fingerprint density at radius 2 is 1.17 bits per heavy atom. The lowest BCUT2D eigenvalue weighted by Crippen LogP contribution is -2.22. The van der Waals surface area contributed by atoms with Crippen molar-refractivity contribution in [2.24, 2.45) is 5.92 Å². The molecule has 0 aliphatic heterocycles. The Hall–Kier alpha value is -0.920. The number of hydrogen-bond acceptors (Lipinski definition) is 2. The molecule has 2 fully saturated rings. The summed E-state index contributed by atoms with van der Waals surface area (Å²) in [4.78, 5) is 10.6. The van der Waals surface area contributed by atoms with Gasteiger partial charge in [0.1, 0.15) is 0 Å². The van der Waals surface area contributed by atoms with Crippen molar-refractivity contribution in [3.8, 4) is 0 Å². The molecule has 4 rings (SSSR count). The summed E-state index contributed by atoms with van der Waals surface area (Å²) < 4.78 is 0. The minimum Gasteiger partial charge on any atom is -0.254 e. The van der Waals surface area contributed by atoms with E-state index in [9.17, 15) is 0 Å². The Morgan fingerprint density at radius 1 is 0.652 bits per heavy atom. The zero-order valence-corrected chi connectivity index (χ0v) is 14.8. The number of hydrogen-bond donors (Lipinski definition) is 0. The first-order valence-electron chi connectivity index (χ1n) is 10.2. The third kappa shape index (κ3) is 3.32. The highest BCUT2D eigenvalue weighted by molar-refractivity contribution is 5.28. The van der Waals surface area contributed by atoms with Crippen LogP contribution in [0, 0.1) is 5.92 Å². The number of rotatable bonds is 2. The average molecular weight is 313 g/mol. The highest BCUT2D eigenvalue weighted by Crippen LogP contribution is 2.40. The van der Waals surface area contributed by atoms with E-state index in [4.69, 9.17) is 9.97 Å². The molecule has 0 bridgehead atoms. The first-order valence-corrected chi connectivity index (χ1v) is 10.2. The van der Waals surface area contributed by atoms with Crippen molar-refractivity contribution in [3.05, 3.63) is 22.8 Å². The van der Waals surface area contributed by atoms with Crippen molar-refractivity contribution in [2.75, 3.05) is 0 Å². The maximum atomic E-state index is 5.30. The summed E-state index contributed by atoms with van der Waals surface area (Å²) in [5, 5.41) is 0. The second kappa shape index (κ2) is 6.91. The van der Waals surface area contributed by atoms with Gasteiger partial charge < -0.3 is 0 Å². The van der Waals surface area contributed by atoms with E-state index in [1.165, 1.54) is 93.4 Å². The summed E-state index contributed by atoms with van der Waals surface area (Å²) in [6.07, 6.45) is 17.4. The van der Waals surface area contributed by atoms with Crippen LogP contribution in [0.4, 0.5) is 0 Å². The van der Waals surface area contributed by atoms with Crippen LogP contribution in [0.2, 0.25) is 0 Å². The second-order valence-electron chi connectivity index (χ2n) is 8.41. The standard InChI is InChI=1S/C21H32N2/c1-15-12-13-18-19(14-15)23-21(17-10-6-3-7-11-17)20(22-18)16-8-4-2-5-9-16/h15-17H,2-14H2,1H3. The van der Waals surface area contributed by atoms with E-state index in [-0.39, 0.29) is 0 Å². The van der Waals surface area contributed by atoms with Gasteiger partial charge in [-0.25, -0.2) is 0 Å². The maximum Gasteiger partial charge on any atom is 0.0656 e. The molecule has 3 aliphatic rings. The molecule has 0 amide bonds. The van der Waals surface area contributed by atoms with Crippen LogP contribution in [0.5, 0.6) is 0 Å². The molecule has 1 aromatic rings. The van der Waals surface area contributed by atoms with E-state index in [1.54, 1.807) is 0 Å². The molecule has 2 heteroatoms.